The molecule has 332 valence electrons. The fraction of sp³-hybridized carbons (Fsp3) is 0.444. The largest absolute Gasteiger partial charge is 0.497 e. The number of methoxy groups -OCH3 is 2. The predicted molar refractivity (Wildman–Crippen MR) is 229 cm³/mol. The molecular formula is C45H55N4O12P. The van der Waals surface area contributed by atoms with Gasteiger partial charge in [0.25, 0.3) is 14.1 Å². The van der Waals surface area contributed by atoms with E-state index >= 15 is 0 Å². The lowest BCUT2D eigenvalue weighted by atomic mass is 9.80. The summed E-state index contributed by atoms with van der Waals surface area (Å²) in [5.41, 5.74) is -0.437. The number of aromatic nitrogens is 2. The van der Waals surface area contributed by atoms with Gasteiger partial charge in [-0.2, -0.15) is 5.26 Å². The number of rotatable bonds is 23. The Morgan fingerprint density at radius 2 is 1.47 bits per heavy atom. The SMILES string of the molecule is COc1ccc(C(OC[C@H]2O[C@@H](n3ccc(=O)[nH]c3=O)[C@H](OCOC(=O)CCC(C)=O)[C@@H]2OP(OCCC#N)N(C(C)C)C(C)C)(c2ccccc2)c2ccc(OC)cc2)cc1. The molecule has 5 atom stereocenters. The third kappa shape index (κ3) is 11.8. The van der Waals surface area contributed by atoms with Crippen LogP contribution in [0.5, 0.6) is 11.5 Å². The van der Waals surface area contributed by atoms with Gasteiger partial charge in [-0.05, 0) is 75.6 Å². The summed E-state index contributed by atoms with van der Waals surface area (Å²) >= 11 is 0. The second-order valence-electron chi connectivity index (χ2n) is 15.0. The van der Waals surface area contributed by atoms with Crippen molar-refractivity contribution in [2.45, 2.75) is 96.1 Å². The van der Waals surface area contributed by atoms with Crippen molar-refractivity contribution in [3.05, 3.63) is 129 Å². The van der Waals surface area contributed by atoms with Crippen molar-refractivity contribution in [2.75, 3.05) is 34.2 Å². The third-order valence-electron chi connectivity index (χ3n) is 10.1. The van der Waals surface area contributed by atoms with Crippen LogP contribution in [0.1, 0.15) is 76.8 Å². The topological polar surface area (TPSA) is 190 Å². The Bertz CT molecular complexity index is 2150. The van der Waals surface area contributed by atoms with Crippen LogP contribution in [0.4, 0.5) is 0 Å². The number of ketones is 1. The molecule has 2 heterocycles. The highest BCUT2D eigenvalue weighted by molar-refractivity contribution is 7.44. The number of hydrogen-bond donors (Lipinski definition) is 1. The average Bonchev–Trinajstić information content (AvgIpc) is 3.59. The van der Waals surface area contributed by atoms with Crippen molar-refractivity contribution in [3.8, 4) is 17.6 Å². The van der Waals surface area contributed by atoms with E-state index in [2.05, 4.69) is 11.1 Å². The zero-order chi connectivity index (χ0) is 44.8. The highest BCUT2D eigenvalue weighted by Gasteiger charge is 2.52. The van der Waals surface area contributed by atoms with Crippen LogP contribution in [0, 0.1) is 11.3 Å². The molecule has 17 heteroatoms. The number of nitrogens with one attached hydrogen (secondary N) is 1. The number of esters is 1. The Hall–Kier alpha value is -5.24. The monoisotopic (exact) mass is 874 g/mol. The standard InChI is InChI=1S/C45H55N4O12P/c1-30(2)49(31(3)4)62(59-27-11-25-46)61-41-38(60-43(48-26-24-39(51)47-44(48)53)42(41)57-29-56-40(52)23-14-32(5)50)28-58-45(33-12-9-8-10-13-33,34-15-19-36(54-6)20-16-34)35-17-21-37(55-7)22-18-35/h8-10,12-13,15-22,24,26,30-31,38,41-43H,11,14,23,27-29H2,1-7H3,(H,47,51,53)/t38-,41-,42-,43-,62?/m1/s1. The van der Waals surface area contributed by atoms with E-state index in [-0.39, 0.29) is 50.3 Å². The first-order valence-corrected chi connectivity index (χ1v) is 21.4. The van der Waals surface area contributed by atoms with Gasteiger partial charge in [0.15, 0.2) is 13.0 Å². The Morgan fingerprint density at radius 3 is 2.00 bits per heavy atom. The first-order valence-electron chi connectivity index (χ1n) is 20.3. The van der Waals surface area contributed by atoms with Gasteiger partial charge in [-0.15, -0.1) is 0 Å². The van der Waals surface area contributed by atoms with Gasteiger partial charge in [0.2, 0.25) is 0 Å². The Labute approximate surface area is 362 Å². The second-order valence-corrected chi connectivity index (χ2v) is 16.4. The number of carbonyl (C=O) groups excluding carboxylic acids is 2. The Kier molecular flexibility index (Phi) is 17.5. The molecule has 16 nitrogen and oxygen atoms in total. The van der Waals surface area contributed by atoms with E-state index in [9.17, 15) is 24.4 Å². The highest BCUT2D eigenvalue weighted by atomic mass is 31.2. The fourth-order valence-corrected chi connectivity index (χ4v) is 8.98. The van der Waals surface area contributed by atoms with Crippen molar-refractivity contribution >= 4 is 20.3 Å². The smallest absolute Gasteiger partial charge is 0.330 e. The van der Waals surface area contributed by atoms with E-state index in [1.54, 1.807) is 14.2 Å². The quantitative estimate of drug-likeness (QED) is 0.0284. The molecule has 1 fully saturated rings. The van der Waals surface area contributed by atoms with Gasteiger partial charge >= 0.3 is 11.7 Å². The first-order chi connectivity index (χ1) is 29.8. The predicted octanol–water partition coefficient (Wildman–Crippen LogP) is 6.38. The van der Waals surface area contributed by atoms with E-state index in [0.717, 1.165) is 16.7 Å². The minimum Gasteiger partial charge on any atom is -0.497 e. The molecule has 5 rings (SSSR count). The number of nitriles is 1. The summed E-state index contributed by atoms with van der Waals surface area (Å²) in [6.07, 6.45) is -3.36. The van der Waals surface area contributed by atoms with Crippen LogP contribution in [0.25, 0.3) is 0 Å². The van der Waals surface area contributed by atoms with Gasteiger partial charge < -0.3 is 42.3 Å². The maximum atomic E-state index is 13.5. The molecule has 62 heavy (non-hydrogen) atoms. The van der Waals surface area contributed by atoms with Crippen LogP contribution >= 0.6 is 8.53 Å². The lowest BCUT2D eigenvalue weighted by molar-refractivity contribution is -0.171. The average molecular weight is 875 g/mol. The summed E-state index contributed by atoms with van der Waals surface area (Å²) in [4.78, 5) is 52.3. The minimum absolute atomic E-state index is 0.0119. The van der Waals surface area contributed by atoms with Gasteiger partial charge in [-0.25, -0.2) is 9.46 Å². The summed E-state index contributed by atoms with van der Waals surface area (Å²) in [5, 5.41) is 9.44. The molecule has 0 spiro atoms. The molecule has 0 radical (unpaired) electrons. The molecule has 1 saturated heterocycles. The van der Waals surface area contributed by atoms with Crippen LogP contribution < -0.4 is 20.7 Å². The summed E-state index contributed by atoms with van der Waals surface area (Å²) in [7, 11) is 1.22. The van der Waals surface area contributed by atoms with Crippen LogP contribution in [0.15, 0.2) is 101 Å². The number of Topliss-reactive ketones (excluding diaryl/α,β-unsaturated/α-hetero) is 1. The zero-order valence-corrected chi connectivity index (χ0v) is 36.9. The first kappa shape index (κ1) is 47.8. The molecule has 0 saturated carbocycles. The fourth-order valence-electron chi connectivity index (χ4n) is 7.21. The number of ether oxygens (including phenoxy) is 6. The molecule has 1 unspecified atom stereocenters. The highest BCUT2D eigenvalue weighted by Crippen LogP contribution is 2.51. The maximum Gasteiger partial charge on any atom is 0.330 e. The van der Waals surface area contributed by atoms with Gasteiger partial charge in [-0.1, -0.05) is 54.6 Å². The molecule has 3 aromatic carbocycles. The molecule has 1 aliphatic heterocycles. The van der Waals surface area contributed by atoms with Crippen molar-refractivity contribution in [1.82, 2.24) is 14.2 Å². The number of aromatic amines is 1. The molecule has 1 N–H and O–H groups in total. The van der Waals surface area contributed by atoms with E-state index in [4.69, 9.17) is 37.5 Å². The molecule has 0 aliphatic carbocycles. The molecule has 0 amide bonds. The summed E-state index contributed by atoms with van der Waals surface area (Å²) in [5.74, 6) is 0.424. The van der Waals surface area contributed by atoms with Gasteiger partial charge in [0, 0.05) is 30.8 Å². The van der Waals surface area contributed by atoms with E-state index < -0.39 is 62.7 Å². The summed E-state index contributed by atoms with van der Waals surface area (Å²) in [6, 6.07) is 27.8. The molecule has 4 aromatic rings. The van der Waals surface area contributed by atoms with Crippen molar-refractivity contribution in [2.24, 2.45) is 0 Å². The summed E-state index contributed by atoms with van der Waals surface area (Å²) < 4.78 is 53.3. The Balaban J connectivity index is 1.66. The maximum absolute atomic E-state index is 13.5. The van der Waals surface area contributed by atoms with Crippen LogP contribution in [-0.4, -0.2) is 90.6 Å². The number of nitrogens with zero attached hydrogens (tertiary/aromatic N) is 3. The third-order valence-corrected chi connectivity index (χ3v) is 12.2. The van der Waals surface area contributed by atoms with Gasteiger partial charge in [0.1, 0.15) is 41.2 Å². The molecule has 1 aliphatic rings. The normalized spacial score (nSPS) is 18.1. The Morgan fingerprint density at radius 1 is 0.871 bits per heavy atom. The summed E-state index contributed by atoms with van der Waals surface area (Å²) in [6.45, 7) is 8.63. The number of benzene rings is 3. The van der Waals surface area contributed by atoms with E-state index in [0.29, 0.717) is 11.5 Å². The van der Waals surface area contributed by atoms with Crippen LogP contribution in [-0.2, 0) is 43.2 Å². The van der Waals surface area contributed by atoms with E-state index in [1.807, 2.05) is 111 Å². The van der Waals surface area contributed by atoms with Crippen molar-refractivity contribution in [1.29, 1.82) is 5.26 Å². The molecule has 1 aromatic heterocycles. The zero-order valence-electron chi connectivity index (χ0n) is 36.1. The molecular weight excluding hydrogens is 819 g/mol. The van der Waals surface area contributed by atoms with Crippen molar-refractivity contribution < 1.29 is 47.1 Å². The van der Waals surface area contributed by atoms with E-state index in [1.165, 1.54) is 23.8 Å². The number of hydrogen-bond acceptors (Lipinski definition) is 14. The van der Waals surface area contributed by atoms with Gasteiger partial charge in [0.05, 0.1) is 46.3 Å². The van der Waals surface area contributed by atoms with Crippen molar-refractivity contribution in [3.63, 3.8) is 0 Å². The lowest BCUT2D eigenvalue weighted by Gasteiger charge is -2.39. The van der Waals surface area contributed by atoms with Crippen LogP contribution in [0.2, 0.25) is 0 Å². The second kappa shape index (κ2) is 22.7. The lowest BCUT2D eigenvalue weighted by Crippen LogP contribution is -2.44. The number of H-pyrrole nitrogens is 1. The van der Waals surface area contributed by atoms with Crippen LogP contribution in [0.3, 0.4) is 0 Å². The molecule has 0 bridgehead atoms. The number of carbonyl (C=O) groups is 2. The minimum atomic E-state index is -1.95. The van der Waals surface area contributed by atoms with Gasteiger partial charge in [-0.3, -0.25) is 19.1 Å².